The van der Waals surface area contributed by atoms with E-state index in [1.165, 1.54) is 0 Å². The van der Waals surface area contributed by atoms with Gasteiger partial charge in [0, 0.05) is 26.5 Å². The Balaban J connectivity index is 1.69. The van der Waals surface area contributed by atoms with E-state index in [1.807, 2.05) is 56.3 Å². The number of hydrogen-bond acceptors (Lipinski definition) is 4. The van der Waals surface area contributed by atoms with Gasteiger partial charge in [-0.3, -0.25) is 9.59 Å². The molecule has 0 atom stereocenters. The average Bonchev–Trinajstić information content (AvgIpc) is 2.73. The molecule has 0 spiro atoms. The molecule has 0 saturated heterocycles. The van der Waals surface area contributed by atoms with Crippen LogP contribution < -0.4 is 0 Å². The first kappa shape index (κ1) is 21.0. The molecule has 3 aromatic rings. The smallest absolute Gasteiger partial charge is 0.193 e. The third kappa shape index (κ3) is 5.23. The summed E-state index contributed by atoms with van der Waals surface area (Å²) in [5.74, 6) is -0.0361. The summed E-state index contributed by atoms with van der Waals surface area (Å²) < 4.78 is -0.584. The van der Waals surface area contributed by atoms with E-state index < -0.39 is 4.32 Å². The number of carbonyl (C=O) groups excluding carboxylic acids is 2. The number of halogens is 1. The van der Waals surface area contributed by atoms with Gasteiger partial charge in [-0.05, 0) is 74.5 Å². The molecule has 0 N–H and O–H groups in total. The zero-order chi connectivity index (χ0) is 21.0. The zero-order valence-electron chi connectivity index (χ0n) is 16.0. The van der Waals surface area contributed by atoms with Crippen LogP contribution in [0.1, 0.15) is 45.7 Å². The van der Waals surface area contributed by atoms with Gasteiger partial charge < -0.3 is 0 Å². The Hall–Kier alpha value is -2.68. The van der Waals surface area contributed by atoms with E-state index in [4.69, 9.17) is 5.26 Å². The topological polar surface area (TPSA) is 57.9 Å². The molecule has 0 unspecified atom stereocenters. The molecule has 0 aromatic heterocycles. The Morgan fingerprint density at radius 1 is 0.793 bits per heavy atom. The van der Waals surface area contributed by atoms with Crippen LogP contribution >= 0.6 is 27.7 Å². The number of alkyl halides is 1. The van der Waals surface area contributed by atoms with Crippen LogP contribution in [0.2, 0.25) is 0 Å². The minimum absolute atomic E-state index is 0.0414. The molecule has 29 heavy (non-hydrogen) atoms. The largest absolute Gasteiger partial charge is 0.293 e. The average molecular weight is 464 g/mol. The SMILES string of the molecule is CC(C)(Br)C(=O)c1ccc(Sc2ccc(C(=O)c3ccc(C#N)cc3)cc2)cc1. The van der Waals surface area contributed by atoms with Gasteiger partial charge in [0.2, 0.25) is 0 Å². The van der Waals surface area contributed by atoms with Crippen molar-refractivity contribution in [1.29, 1.82) is 5.26 Å². The summed E-state index contributed by atoms with van der Waals surface area (Å²) in [6, 6.07) is 23.6. The number of rotatable bonds is 6. The van der Waals surface area contributed by atoms with Crippen LogP contribution in [0.4, 0.5) is 0 Å². The lowest BCUT2D eigenvalue weighted by molar-refractivity contribution is 0.0960. The molecule has 3 aromatic carbocycles. The van der Waals surface area contributed by atoms with Crippen molar-refractivity contribution in [3.05, 3.63) is 95.1 Å². The summed E-state index contributed by atoms with van der Waals surface area (Å²) in [5.41, 5.74) is 2.35. The summed E-state index contributed by atoms with van der Waals surface area (Å²) in [7, 11) is 0. The molecular weight excluding hydrogens is 446 g/mol. The number of nitrogens with zero attached hydrogens (tertiary/aromatic N) is 1. The first-order chi connectivity index (χ1) is 13.8. The maximum Gasteiger partial charge on any atom is 0.193 e. The van der Waals surface area contributed by atoms with Gasteiger partial charge >= 0.3 is 0 Å². The Morgan fingerprint density at radius 2 is 1.21 bits per heavy atom. The van der Waals surface area contributed by atoms with Crippen LogP contribution in [0.3, 0.4) is 0 Å². The van der Waals surface area contributed by atoms with Crippen LogP contribution in [-0.4, -0.2) is 15.9 Å². The van der Waals surface area contributed by atoms with Crippen molar-refractivity contribution in [2.45, 2.75) is 28.0 Å². The predicted molar refractivity (Wildman–Crippen MR) is 119 cm³/mol. The molecule has 0 saturated carbocycles. The van der Waals surface area contributed by atoms with Gasteiger partial charge in [-0.15, -0.1) is 0 Å². The maximum atomic E-state index is 12.6. The Kier molecular flexibility index (Phi) is 6.36. The third-order valence-corrected chi connectivity index (χ3v) is 5.66. The van der Waals surface area contributed by atoms with Gasteiger partial charge in [0.1, 0.15) is 0 Å². The minimum Gasteiger partial charge on any atom is -0.293 e. The summed E-state index contributed by atoms with van der Waals surface area (Å²) in [4.78, 5) is 26.9. The Morgan fingerprint density at radius 3 is 1.62 bits per heavy atom. The van der Waals surface area contributed by atoms with Crippen molar-refractivity contribution < 1.29 is 9.59 Å². The molecule has 0 heterocycles. The standard InChI is InChI=1S/C24H18BrNO2S/c1-24(2,25)23(28)19-9-13-21(14-10-19)29-20-11-7-18(8-12-20)22(27)17-5-3-16(15-26)4-6-17/h3-14H,1-2H3. The van der Waals surface area contributed by atoms with Crippen molar-refractivity contribution >= 4 is 39.3 Å². The van der Waals surface area contributed by atoms with Gasteiger partial charge in [-0.25, -0.2) is 0 Å². The normalized spacial score (nSPS) is 11.0. The molecule has 0 amide bonds. The monoisotopic (exact) mass is 463 g/mol. The van der Waals surface area contributed by atoms with E-state index >= 15 is 0 Å². The molecule has 5 heteroatoms. The second-order valence-corrected chi connectivity index (χ2v) is 10.1. The number of hydrogen-bond donors (Lipinski definition) is 0. The molecule has 0 aliphatic rings. The number of ketones is 2. The fourth-order valence-electron chi connectivity index (χ4n) is 2.69. The highest BCUT2D eigenvalue weighted by atomic mass is 79.9. The number of benzene rings is 3. The molecular formula is C24H18BrNO2S. The Labute approximate surface area is 182 Å². The lowest BCUT2D eigenvalue weighted by atomic mass is 10.0. The van der Waals surface area contributed by atoms with Crippen molar-refractivity contribution in [1.82, 2.24) is 0 Å². The number of Topliss-reactive ketones (excluding diaryl/α,β-unsaturated/α-hetero) is 1. The first-order valence-corrected chi connectivity index (χ1v) is 10.6. The second kappa shape index (κ2) is 8.77. The van der Waals surface area contributed by atoms with Gasteiger partial charge in [0.05, 0.1) is 16.0 Å². The molecule has 3 nitrogen and oxygen atoms in total. The fourth-order valence-corrected chi connectivity index (χ4v) is 3.74. The van der Waals surface area contributed by atoms with Gasteiger partial charge in [0.15, 0.2) is 11.6 Å². The summed E-state index contributed by atoms with van der Waals surface area (Å²) in [6.07, 6.45) is 0. The van der Waals surface area contributed by atoms with Crippen molar-refractivity contribution in [3.63, 3.8) is 0 Å². The summed E-state index contributed by atoms with van der Waals surface area (Å²) in [5, 5.41) is 8.86. The summed E-state index contributed by atoms with van der Waals surface area (Å²) in [6.45, 7) is 3.66. The van der Waals surface area contributed by atoms with Gasteiger partial charge in [-0.1, -0.05) is 39.8 Å². The highest BCUT2D eigenvalue weighted by Crippen LogP contribution is 2.29. The summed E-state index contributed by atoms with van der Waals surface area (Å²) >= 11 is 4.97. The van der Waals surface area contributed by atoms with Crippen LogP contribution in [0.15, 0.2) is 82.6 Å². The van der Waals surface area contributed by atoms with Crippen molar-refractivity contribution in [2.24, 2.45) is 0 Å². The van der Waals surface area contributed by atoms with E-state index in [9.17, 15) is 9.59 Å². The first-order valence-electron chi connectivity index (χ1n) is 8.94. The fraction of sp³-hybridized carbons (Fsp3) is 0.125. The molecule has 144 valence electrons. The molecule has 0 aliphatic heterocycles. The lowest BCUT2D eigenvalue weighted by Gasteiger charge is -2.14. The second-order valence-electron chi connectivity index (χ2n) is 6.97. The number of carbonyl (C=O) groups is 2. The van der Waals surface area contributed by atoms with E-state index in [-0.39, 0.29) is 11.6 Å². The van der Waals surface area contributed by atoms with Gasteiger partial charge in [-0.2, -0.15) is 5.26 Å². The highest BCUT2D eigenvalue weighted by Gasteiger charge is 2.24. The van der Waals surface area contributed by atoms with Crippen molar-refractivity contribution in [2.75, 3.05) is 0 Å². The van der Waals surface area contributed by atoms with E-state index in [0.717, 1.165) is 9.79 Å². The Bertz CT molecular complexity index is 1070. The van der Waals surface area contributed by atoms with Crippen LogP contribution in [0.25, 0.3) is 0 Å². The van der Waals surface area contributed by atoms with Crippen LogP contribution in [0, 0.1) is 11.3 Å². The molecule has 3 rings (SSSR count). The van der Waals surface area contributed by atoms with E-state index in [2.05, 4.69) is 15.9 Å². The molecule has 0 fully saturated rings. The van der Waals surface area contributed by atoms with Crippen LogP contribution in [0.5, 0.6) is 0 Å². The number of nitriles is 1. The van der Waals surface area contributed by atoms with E-state index in [0.29, 0.717) is 22.3 Å². The quantitative estimate of drug-likeness (QED) is 0.318. The van der Waals surface area contributed by atoms with Gasteiger partial charge in [0.25, 0.3) is 0 Å². The lowest BCUT2D eigenvalue weighted by Crippen LogP contribution is -2.23. The predicted octanol–water partition coefficient (Wildman–Crippen LogP) is 6.30. The maximum absolute atomic E-state index is 12.6. The zero-order valence-corrected chi connectivity index (χ0v) is 18.4. The van der Waals surface area contributed by atoms with Crippen molar-refractivity contribution in [3.8, 4) is 6.07 Å². The van der Waals surface area contributed by atoms with E-state index in [1.54, 1.807) is 48.2 Å². The molecule has 0 radical (unpaired) electrons. The minimum atomic E-state index is -0.584. The van der Waals surface area contributed by atoms with Crippen LogP contribution in [-0.2, 0) is 0 Å². The molecule has 0 aliphatic carbocycles. The molecule has 0 bridgehead atoms. The highest BCUT2D eigenvalue weighted by molar-refractivity contribution is 9.10. The third-order valence-electron chi connectivity index (χ3n) is 4.28.